The maximum Gasteiger partial charge on any atom is 0.327 e. The van der Waals surface area contributed by atoms with E-state index in [-0.39, 0.29) is 16.7 Å². The summed E-state index contributed by atoms with van der Waals surface area (Å²) in [6.45, 7) is 6.43. The molecule has 6 heteroatoms. The Morgan fingerprint density at radius 3 is 2.19 bits per heavy atom. The maximum absolute atomic E-state index is 13.1. The number of carboxylic acid groups (broad SMARTS) is 1. The summed E-state index contributed by atoms with van der Waals surface area (Å²) in [5.74, 6) is -0.923. The summed E-state index contributed by atoms with van der Waals surface area (Å²) in [5.41, 5.74) is 2.59. The van der Waals surface area contributed by atoms with Gasteiger partial charge in [-0.05, 0) is 40.8 Å². The molecule has 0 bridgehead atoms. The first-order valence-electron chi connectivity index (χ1n) is 8.71. The Morgan fingerprint density at radius 2 is 1.67 bits per heavy atom. The van der Waals surface area contributed by atoms with Crippen LogP contribution in [0.5, 0.6) is 0 Å². The van der Waals surface area contributed by atoms with Crippen LogP contribution in [-0.2, 0) is 10.2 Å². The Balaban J connectivity index is 1.95. The summed E-state index contributed by atoms with van der Waals surface area (Å²) in [6.07, 6.45) is 0. The number of nitrogens with zero attached hydrogens (tertiary/aromatic N) is 1. The highest BCUT2D eigenvalue weighted by molar-refractivity contribution is 7.99. The van der Waals surface area contributed by atoms with Gasteiger partial charge in [0.2, 0.25) is 0 Å². The smallest absolute Gasteiger partial charge is 0.327 e. The standard InChI is InChI=1S/C21H22ClNO3S/c1-21(2,3)15-8-4-14(5-9-15)19-23(17(12-27-19)20(25)26)18(24)13-6-10-16(22)11-7-13/h4-11,17,19H,12H2,1-3H3,(H,25,26)/t17-,19-/m0/s1. The van der Waals surface area contributed by atoms with E-state index >= 15 is 0 Å². The Bertz CT molecular complexity index is 843. The molecule has 0 spiro atoms. The van der Waals surface area contributed by atoms with Crippen LogP contribution < -0.4 is 0 Å². The molecule has 0 radical (unpaired) electrons. The van der Waals surface area contributed by atoms with Crippen molar-refractivity contribution in [1.82, 2.24) is 4.90 Å². The van der Waals surface area contributed by atoms with Gasteiger partial charge in [-0.3, -0.25) is 4.79 Å². The van der Waals surface area contributed by atoms with Gasteiger partial charge in [-0.2, -0.15) is 0 Å². The summed E-state index contributed by atoms with van der Waals surface area (Å²) in [6, 6.07) is 13.8. The topological polar surface area (TPSA) is 57.6 Å². The number of benzene rings is 2. The fraction of sp³-hybridized carbons (Fsp3) is 0.333. The summed E-state index contributed by atoms with van der Waals surface area (Å²) >= 11 is 7.39. The lowest BCUT2D eigenvalue weighted by Crippen LogP contribution is -2.42. The molecule has 0 aliphatic carbocycles. The summed E-state index contributed by atoms with van der Waals surface area (Å²) in [4.78, 5) is 26.3. The van der Waals surface area contributed by atoms with Gasteiger partial charge in [0.15, 0.2) is 0 Å². The number of rotatable bonds is 3. The van der Waals surface area contributed by atoms with Gasteiger partial charge in [-0.1, -0.05) is 56.6 Å². The van der Waals surface area contributed by atoms with Crippen LogP contribution >= 0.6 is 23.4 Å². The van der Waals surface area contributed by atoms with Gasteiger partial charge in [0.25, 0.3) is 5.91 Å². The fourth-order valence-corrected chi connectivity index (χ4v) is 4.64. The third-order valence-electron chi connectivity index (χ3n) is 4.67. The van der Waals surface area contributed by atoms with Crippen LogP contribution in [0, 0.1) is 0 Å². The van der Waals surface area contributed by atoms with E-state index in [0.29, 0.717) is 16.3 Å². The van der Waals surface area contributed by atoms with E-state index in [1.807, 2.05) is 12.1 Å². The predicted octanol–water partition coefficient (Wildman–Crippen LogP) is 4.98. The number of hydrogen-bond donors (Lipinski definition) is 1. The molecule has 2 atom stereocenters. The number of carbonyl (C=O) groups excluding carboxylic acids is 1. The average molecular weight is 404 g/mol. The van der Waals surface area contributed by atoms with Crippen molar-refractivity contribution in [2.45, 2.75) is 37.6 Å². The number of thioether (sulfide) groups is 1. The van der Waals surface area contributed by atoms with Crippen molar-refractivity contribution in [2.75, 3.05) is 5.75 Å². The first kappa shape index (κ1) is 19.8. The molecule has 1 saturated heterocycles. The van der Waals surface area contributed by atoms with Crippen LogP contribution in [0.25, 0.3) is 0 Å². The molecule has 1 aliphatic rings. The SMILES string of the molecule is CC(C)(C)c1ccc([C@@H]2SC[C@@H](C(=O)O)N2C(=O)c2ccc(Cl)cc2)cc1. The highest BCUT2D eigenvalue weighted by atomic mass is 35.5. The van der Waals surface area contributed by atoms with Crippen LogP contribution in [0.15, 0.2) is 48.5 Å². The summed E-state index contributed by atoms with van der Waals surface area (Å²) in [7, 11) is 0. The normalized spacial score (nSPS) is 19.9. The van der Waals surface area contributed by atoms with Crippen LogP contribution in [-0.4, -0.2) is 33.7 Å². The minimum Gasteiger partial charge on any atom is -0.480 e. The van der Waals surface area contributed by atoms with E-state index in [9.17, 15) is 14.7 Å². The van der Waals surface area contributed by atoms with Crippen LogP contribution in [0.1, 0.15) is 47.6 Å². The highest BCUT2D eigenvalue weighted by Crippen LogP contribution is 2.42. The Hall–Kier alpha value is -1.98. The zero-order valence-corrected chi connectivity index (χ0v) is 17.1. The second kappa shape index (κ2) is 7.56. The predicted molar refractivity (Wildman–Crippen MR) is 109 cm³/mol. The first-order valence-corrected chi connectivity index (χ1v) is 10.1. The number of halogens is 1. The molecule has 1 aliphatic heterocycles. The number of amides is 1. The van der Waals surface area contributed by atoms with Crippen molar-refractivity contribution in [3.63, 3.8) is 0 Å². The van der Waals surface area contributed by atoms with Gasteiger partial charge in [0.05, 0.1) is 0 Å². The second-order valence-corrected chi connectivity index (χ2v) is 9.18. The third-order valence-corrected chi connectivity index (χ3v) is 6.25. The van der Waals surface area contributed by atoms with Crippen LogP contribution in [0.3, 0.4) is 0 Å². The molecule has 1 fully saturated rings. The summed E-state index contributed by atoms with van der Waals surface area (Å²) < 4.78 is 0. The Morgan fingerprint density at radius 1 is 1.07 bits per heavy atom. The quantitative estimate of drug-likeness (QED) is 0.785. The highest BCUT2D eigenvalue weighted by Gasteiger charge is 2.42. The van der Waals surface area contributed by atoms with Gasteiger partial charge in [-0.15, -0.1) is 11.8 Å². The molecular weight excluding hydrogens is 382 g/mol. The molecule has 4 nitrogen and oxygen atoms in total. The zero-order chi connectivity index (χ0) is 19.8. The van der Waals surface area contributed by atoms with Crippen LogP contribution in [0.4, 0.5) is 0 Å². The van der Waals surface area contributed by atoms with Crippen molar-refractivity contribution in [3.05, 3.63) is 70.2 Å². The minimum absolute atomic E-state index is 0.0315. The minimum atomic E-state index is -0.987. The van der Waals surface area contributed by atoms with Gasteiger partial charge in [-0.25, -0.2) is 4.79 Å². The second-order valence-electron chi connectivity index (χ2n) is 7.63. The van der Waals surface area contributed by atoms with Gasteiger partial charge in [0.1, 0.15) is 11.4 Å². The monoisotopic (exact) mass is 403 g/mol. The molecule has 0 unspecified atom stereocenters. The molecule has 1 amide bonds. The molecule has 0 saturated carbocycles. The van der Waals surface area contributed by atoms with Gasteiger partial charge in [0, 0.05) is 16.3 Å². The van der Waals surface area contributed by atoms with E-state index in [2.05, 4.69) is 32.9 Å². The van der Waals surface area contributed by atoms with Crippen molar-refractivity contribution < 1.29 is 14.7 Å². The maximum atomic E-state index is 13.1. The van der Waals surface area contributed by atoms with E-state index in [0.717, 1.165) is 5.56 Å². The fourth-order valence-electron chi connectivity index (χ4n) is 3.09. The van der Waals surface area contributed by atoms with Crippen LogP contribution in [0.2, 0.25) is 5.02 Å². The van der Waals surface area contributed by atoms with Gasteiger partial charge >= 0.3 is 5.97 Å². The molecule has 2 aromatic carbocycles. The van der Waals surface area contributed by atoms with Crippen molar-refractivity contribution in [3.8, 4) is 0 Å². The van der Waals surface area contributed by atoms with Gasteiger partial charge < -0.3 is 10.0 Å². The van der Waals surface area contributed by atoms with E-state index in [1.165, 1.54) is 22.2 Å². The largest absolute Gasteiger partial charge is 0.480 e. The molecule has 2 aromatic rings. The average Bonchev–Trinajstić information content (AvgIpc) is 3.06. The lowest BCUT2D eigenvalue weighted by Gasteiger charge is -2.28. The first-order chi connectivity index (χ1) is 12.7. The van der Waals surface area contributed by atoms with Crippen molar-refractivity contribution >= 4 is 35.2 Å². The van der Waals surface area contributed by atoms with E-state index in [1.54, 1.807) is 24.3 Å². The molecule has 1 N–H and O–H groups in total. The zero-order valence-electron chi connectivity index (χ0n) is 15.5. The molecule has 142 valence electrons. The lowest BCUT2D eigenvalue weighted by molar-refractivity contribution is -0.141. The Labute approximate surface area is 168 Å². The molecule has 3 rings (SSSR count). The molecule has 0 aromatic heterocycles. The molecular formula is C21H22ClNO3S. The number of carbonyl (C=O) groups is 2. The van der Waals surface area contributed by atoms with E-state index < -0.39 is 12.0 Å². The molecule has 1 heterocycles. The lowest BCUT2D eigenvalue weighted by atomic mass is 9.86. The van der Waals surface area contributed by atoms with E-state index in [4.69, 9.17) is 11.6 Å². The number of hydrogen-bond acceptors (Lipinski definition) is 3. The van der Waals surface area contributed by atoms with Crippen molar-refractivity contribution in [1.29, 1.82) is 0 Å². The number of aliphatic carboxylic acids is 1. The summed E-state index contributed by atoms with van der Waals surface area (Å²) in [5, 5.41) is 9.81. The van der Waals surface area contributed by atoms with Crippen molar-refractivity contribution in [2.24, 2.45) is 0 Å². The Kier molecular flexibility index (Phi) is 5.54. The molecule has 27 heavy (non-hydrogen) atoms. The third kappa shape index (κ3) is 4.14. The number of carboxylic acids is 1.